The minimum atomic E-state index is -0.236. The van der Waals surface area contributed by atoms with E-state index in [1.54, 1.807) is 4.52 Å². The highest BCUT2D eigenvalue weighted by Gasteiger charge is 2.46. The molecular weight excluding hydrogens is 266 g/mol. The zero-order valence-corrected chi connectivity index (χ0v) is 13.6. The Morgan fingerprint density at radius 3 is 2.62 bits per heavy atom. The molecule has 0 amide bonds. The number of hydrogen-bond acceptors (Lipinski definition) is 5. The number of rotatable bonds is 2. The molecule has 1 aliphatic heterocycles. The number of ether oxygens (including phenoxy) is 1. The van der Waals surface area contributed by atoms with Gasteiger partial charge < -0.3 is 10.1 Å². The maximum Gasteiger partial charge on any atom is 0.254 e. The van der Waals surface area contributed by atoms with Gasteiger partial charge in [0.1, 0.15) is 12.1 Å². The molecule has 1 aliphatic rings. The fraction of sp³-hybridized carbons (Fsp3) is 0.667. The number of nitrogens with one attached hydrogen (secondary N) is 1. The van der Waals surface area contributed by atoms with E-state index in [0.29, 0.717) is 5.78 Å². The van der Waals surface area contributed by atoms with Crippen molar-refractivity contribution in [3.8, 4) is 0 Å². The summed E-state index contributed by atoms with van der Waals surface area (Å²) in [5.74, 6) is 1.57. The van der Waals surface area contributed by atoms with E-state index in [2.05, 4.69) is 55.0 Å². The van der Waals surface area contributed by atoms with E-state index in [1.807, 2.05) is 6.92 Å². The average Bonchev–Trinajstić information content (AvgIpc) is 2.86. The molecule has 1 N–H and O–H groups in total. The Kier molecular flexibility index (Phi) is 2.99. The van der Waals surface area contributed by atoms with Gasteiger partial charge in [-0.25, -0.2) is 4.98 Å². The van der Waals surface area contributed by atoms with E-state index in [9.17, 15) is 0 Å². The van der Waals surface area contributed by atoms with Crippen molar-refractivity contribution in [2.45, 2.75) is 65.2 Å². The molecule has 0 spiro atoms. The van der Waals surface area contributed by atoms with Crippen molar-refractivity contribution in [2.24, 2.45) is 0 Å². The van der Waals surface area contributed by atoms with Crippen LogP contribution in [0.3, 0.4) is 0 Å². The minimum Gasteiger partial charge on any atom is -0.367 e. The molecule has 6 nitrogen and oxygen atoms in total. The maximum absolute atomic E-state index is 6.16. The van der Waals surface area contributed by atoms with E-state index in [1.165, 1.54) is 6.33 Å². The first-order chi connectivity index (χ1) is 9.70. The smallest absolute Gasteiger partial charge is 0.254 e. The maximum atomic E-state index is 6.16. The van der Waals surface area contributed by atoms with Crippen molar-refractivity contribution in [3.05, 3.63) is 17.6 Å². The molecule has 1 fully saturated rings. The zero-order chi connectivity index (χ0) is 15.4. The molecular formula is C15H23N5O. The van der Waals surface area contributed by atoms with Crippen molar-refractivity contribution in [3.63, 3.8) is 0 Å². The third-order valence-corrected chi connectivity index (χ3v) is 4.29. The summed E-state index contributed by atoms with van der Waals surface area (Å²) >= 11 is 0. The normalized spacial score (nSPS) is 23.6. The van der Waals surface area contributed by atoms with Crippen LogP contribution in [-0.2, 0) is 4.74 Å². The summed E-state index contributed by atoms with van der Waals surface area (Å²) in [6.07, 6.45) is 2.48. The Labute approximate surface area is 124 Å². The van der Waals surface area contributed by atoms with E-state index in [4.69, 9.17) is 4.74 Å². The molecule has 21 heavy (non-hydrogen) atoms. The van der Waals surface area contributed by atoms with Gasteiger partial charge in [-0.05, 0) is 48.0 Å². The molecule has 6 heteroatoms. The summed E-state index contributed by atoms with van der Waals surface area (Å²) in [7, 11) is 0. The lowest BCUT2D eigenvalue weighted by molar-refractivity contribution is -0.0662. The van der Waals surface area contributed by atoms with Gasteiger partial charge in [0.2, 0.25) is 0 Å². The molecule has 0 radical (unpaired) electrons. The predicted octanol–water partition coefficient (Wildman–Crippen LogP) is 2.50. The van der Waals surface area contributed by atoms with Crippen molar-refractivity contribution >= 4 is 11.6 Å². The van der Waals surface area contributed by atoms with Gasteiger partial charge in [0.25, 0.3) is 5.78 Å². The standard InChI is InChI=1S/C15H23N5O/c1-9-10(2)18-13-16-8-17-20(13)12(9)19-11-7-14(3,4)21-15(11,5)6/h8,11,19H,7H2,1-6H3. The lowest BCUT2D eigenvalue weighted by atomic mass is 9.94. The van der Waals surface area contributed by atoms with Crippen LogP contribution in [0.15, 0.2) is 6.33 Å². The number of nitrogens with zero attached hydrogens (tertiary/aromatic N) is 4. The van der Waals surface area contributed by atoms with Crippen molar-refractivity contribution in [1.82, 2.24) is 19.6 Å². The highest BCUT2D eigenvalue weighted by atomic mass is 16.5. The van der Waals surface area contributed by atoms with Crippen molar-refractivity contribution in [2.75, 3.05) is 5.32 Å². The Morgan fingerprint density at radius 1 is 1.29 bits per heavy atom. The van der Waals surface area contributed by atoms with Crippen LogP contribution in [0.2, 0.25) is 0 Å². The molecule has 1 unspecified atom stereocenters. The molecule has 0 bridgehead atoms. The van der Waals surface area contributed by atoms with Crippen LogP contribution in [-0.4, -0.2) is 36.8 Å². The second-order valence-electron chi connectivity index (χ2n) is 7.01. The van der Waals surface area contributed by atoms with E-state index < -0.39 is 0 Å². The average molecular weight is 289 g/mol. The summed E-state index contributed by atoms with van der Waals surface area (Å²) in [5.41, 5.74) is 1.70. The molecule has 1 saturated heterocycles. The zero-order valence-electron chi connectivity index (χ0n) is 13.6. The van der Waals surface area contributed by atoms with Gasteiger partial charge in [-0.2, -0.15) is 14.6 Å². The van der Waals surface area contributed by atoms with Gasteiger partial charge in [0.15, 0.2) is 0 Å². The summed E-state index contributed by atoms with van der Waals surface area (Å²) in [6.45, 7) is 12.6. The fourth-order valence-corrected chi connectivity index (χ4v) is 3.15. The minimum absolute atomic E-state index is 0.126. The molecule has 2 aromatic heterocycles. The summed E-state index contributed by atoms with van der Waals surface area (Å²) in [4.78, 5) is 8.64. The highest BCUT2D eigenvalue weighted by molar-refractivity contribution is 5.52. The largest absolute Gasteiger partial charge is 0.367 e. The quantitative estimate of drug-likeness (QED) is 0.920. The number of aromatic nitrogens is 4. The molecule has 0 saturated carbocycles. The van der Waals surface area contributed by atoms with E-state index in [0.717, 1.165) is 23.5 Å². The van der Waals surface area contributed by atoms with E-state index >= 15 is 0 Å². The van der Waals surface area contributed by atoms with Crippen LogP contribution in [0.4, 0.5) is 5.82 Å². The number of anilines is 1. The third-order valence-electron chi connectivity index (χ3n) is 4.29. The Bertz CT molecular complexity index is 689. The first kappa shape index (κ1) is 14.3. The van der Waals surface area contributed by atoms with Gasteiger partial charge in [0, 0.05) is 11.3 Å². The Balaban J connectivity index is 2.02. The first-order valence-electron chi connectivity index (χ1n) is 7.33. The SMILES string of the molecule is Cc1nc2ncnn2c(NC2CC(C)(C)OC2(C)C)c1C. The summed E-state index contributed by atoms with van der Waals surface area (Å²) in [6, 6.07) is 0.209. The second-order valence-corrected chi connectivity index (χ2v) is 7.01. The first-order valence-corrected chi connectivity index (χ1v) is 7.33. The predicted molar refractivity (Wildman–Crippen MR) is 81.5 cm³/mol. The second kappa shape index (κ2) is 4.40. The highest BCUT2D eigenvalue weighted by Crippen LogP contribution is 2.39. The molecule has 0 aromatic carbocycles. The van der Waals surface area contributed by atoms with Crippen molar-refractivity contribution < 1.29 is 4.74 Å². The van der Waals surface area contributed by atoms with Gasteiger partial charge in [-0.15, -0.1) is 0 Å². The monoisotopic (exact) mass is 289 g/mol. The van der Waals surface area contributed by atoms with E-state index in [-0.39, 0.29) is 17.2 Å². The lowest BCUT2D eigenvalue weighted by Crippen LogP contribution is -2.39. The van der Waals surface area contributed by atoms with Gasteiger partial charge in [-0.3, -0.25) is 0 Å². The van der Waals surface area contributed by atoms with Crippen LogP contribution in [0.1, 0.15) is 45.4 Å². The van der Waals surface area contributed by atoms with Crippen LogP contribution in [0.25, 0.3) is 5.78 Å². The molecule has 3 rings (SSSR count). The number of hydrogen-bond donors (Lipinski definition) is 1. The summed E-state index contributed by atoms with van der Waals surface area (Å²) < 4.78 is 7.93. The van der Waals surface area contributed by atoms with Crippen LogP contribution in [0, 0.1) is 13.8 Å². The lowest BCUT2D eigenvalue weighted by Gasteiger charge is -2.29. The topological polar surface area (TPSA) is 64.3 Å². The third kappa shape index (κ3) is 2.37. The van der Waals surface area contributed by atoms with Gasteiger partial charge >= 0.3 is 0 Å². The molecule has 3 heterocycles. The Hall–Kier alpha value is -1.69. The molecule has 0 aliphatic carbocycles. The van der Waals surface area contributed by atoms with Crippen LogP contribution in [0.5, 0.6) is 0 Å². The van der Waals surface area contributed by atoms with Gasteiger partial charge in [0.05, 0.1) is 17.2 Å². The van der Waals surface area contributed by atoms with Crippen LogP contribution < -0.4 is 5.32 Å². The van der Waals surface area contributed by atoms with Crippen LogP contribution >= 0.6 is 0 Å². The van der Waals surface area contributed by atoms with Gasteiger partial charge in [-0.1, -0.05) is 0 Å². The Morgan fingerprint density at radius 2 is 2.00 bits per heavy atom. The number of aryl methyl sites for hydroxylation is 1. The molecule has 2 aromatic rings. The molecule has 114 valence electrons. The fourth-order valence-electron chi connectivity index (χ4n) is 3.15. The number of fused-ring (bicyclic) bond motifs is 1. The molecule has 1 atom stereocenters. The summed E-state index contributed by atoms with van der Waals surface area (Å²) in [5, 5.41) is 7.91. The van der Waals surface area contributed by atoms with Crippen molar-refractivity contribution in [1.29, 1.82) is 0 Å².